The van der Waals surface area contributed by atoms with E-state index in [0.29, 0.717) is 16.9 Å². The summed E-state index contributed by atoms with van der Waals surface area (Å²) in [4.78, 5) is 16.7. The maximum Gasteiger partial charge on any atom is 0.354 e. The number of carboxylic acid groups (broad SMARTS) is 1. The summed E-state index contributed by atoms with van der Waals surface area (Å²) in [5, 5.41) is 9.31. The van der Waals surface area contributed by atoms with Crippen molar-refractivity contribution in [2.24, 2.45) is 0 Å². The Balaban J connectivity index is 2.35. The lowest BCUT2D eigenvalue weighted by Gasteiger charge is -2.18. The van der Waals surface area contributed by atoms with Gasteiger partial charge in [-0.1, -0.05) is 11.6 Å². The number of halogens is 1. The third kappa shape index (κ3) is 2.04. The van der Waals surface area contributed by atoms with Gasteiger partial charge in [0.1, 0.15) is 5.82 Å². The number of hydrogen-bond acceptors (Lipinski definition) is 3. The topological polar surface area (TPSA) is 53.4 Å². The van der Waals surface area contributed by atoms with Crippen LogP contribution in [0.4, 0.5) is 5.82 Å². The van der Waals surface area contributed by atoms with Crippen LogP contribution in [0.2, 0.25) is 5.02 Å². The van der Waals surface area contributed by atoms with Crippen molar-refractivity contribution in [3.63, 3.8) is 0 Å². The van der Waals surface area contributed by atoms with Crippen molar-refractivity contribution in [3.05, 3.63) is 22.8 Å². The van der Waals surface area contributed by atoms with E-state index in [0.717, 1.165) is 12.8 Å². The van der Waals surface area contributed by atoms with Crippen LogP contribution in [0.5, 0.6) is 0 Å². The monoisotopic (exact) mass is 226 g/mol. The van der Waals surface area contributed by atoms with Crippen molar-refractivity contribution in [1.29, 1.82) is 0 Å². The summed E-state index contributed by atoms with van der Waals surface area (Å²) in [6, 6.07) is 3.44. The molecule has 4 nitrogen and oxygen atoms in total. The lowest BCUT2D eigenvalue weighted by molar-refractivity contribution is 0.0690. The van der Waals surface area contributed by atoms with Gasteiger partial charge in [0, 0.05) is 13.1 Å². The molecule has 80 valence electrons. The molecule has 15 heavy (non-hydrogen) atoms. The van der Waals surface area contributed by atoms with E-state index in [2.05, 4.69) is 4.98 Å². The number of carboxylic acids is 1. The molecule has 0 radical (unpaired) electrons. The van der Waals surface area contributed by atoms with E-state index >= 15 is 0 Å². The summed E-state index contributed by atoms with van der Waals surface area (Å²) in [5.74, 6) is -0.476. The average molecular weight is 227 g/mol. The number of nitrogens with zero attached hydrogens (tertiary/aromatic N) is 2. The van der Waals surface area contributed by atoms with E-state index in [-0.39, 0.29) is 5.69 Å². The number of carbonyl (C=O) groups is 1. The normalized spacial score (nSPS) is 15.1. The van der Waals surface area contributed by atoms with Gasteiger partial charge in [-0.3, -0.25) is 0 Å². The SMILES string of the molecule is CN(c1nc(C(=O)O)ccc1Cl)C1CC1. The van der Waals surface area contributed by atoms with Gasteiger partial charge in [-0.05, 0) is 25.0 Å². The van der Waals surface area contributed by atoms with Crippen molar-refractivity contribution in [3.8, 4) is 0 Å². The smallest absolute Gasteiger partial charge is 0.354 e. The first-order chi connectivity index (χ1) is 7.09. The molecule has 1 heterocycles. The number of aromatic carboxylic acids is 1. The van der Waals surface area contributed by atoms with Gasteiger partial charge < -0.3 is 10.0 Å². The predicted molar refractivity (Wildman–Crippen MR) is 57.6 cm³/mol. The minimum absolute atomic E-state index is 0.0295. The molecular weight excluding hydrogens is 216 g/mol. The largest absolute Gasteiger partial charge is 0.477 e. The quantitative estimate of drug-likeness (QED) is 0.857. The van der Waals surface area contributed by atoms with Gasteiger partial charge in [-0.15, -0.1) is 0 Å². The minimum Gasteiger partial charge on any atom is -0.477 e. The van der Waals surface area contributed by atoms with E-state index < -0.39 is 5.97 Å². The fraction of sp³-hybridized carbons (Fsp3) is 0.400. The average Bonchev–Trinajstić information content (AvgIpc) is 3.00. The highest BCUT2D eigenvalue weighted by Crippen LogP contribution is 2.32. The highest BCUT2D eigenvalue weighted by Gasteiger charge is 2.28. The summed E-state index contributed by atoms with van der Waals surface area (Å²) in [5.41, 5.74) is 0.0295. The summed E-state index contributed by atoms with van der Waals surface area (Å²) in [7, 11) is 1.89. The highest BCUT2D eigenvalue weighted by molar-refractivity contribution is 6.33. The van der Waals surface area contributed by atoms with Crippen LogP contribution in [0.25, 0.3) is 0 Å². The maximum atomic E-state index is 10.7. The molecule has 5 heteroatoms. The van der Waals surface area contributed by atoms with Crippen molar-refractivity contribution in [1.82, 2.24) is 4.98 Å². The van der Waals surface area contributed by atoms with Crippen LogP contribution in [0.3, 0.4) is 0 Å². The number of rotatable bonds is 3. The Morgan fingerprint density at radius 3 is 2.80 bits per heavy atom. The van der Waals surface area contributed by atoms with Crippen LogP contribution in [-0.4, -0.2) is 29.1 Å². The van der Waals surface area contributed by atoms with Crippen molar-refractivity contribution >= 4 is 23.4 Å². The molecule has 0 bridgehead atoms. The highest BCUT2D eigenvalue weighted by atomic mass is 35.5. The Hall–Kier alpha value is -1.29. The minimum atomic E-state index is -1.03. The number of anilines is 1. The van der Waals surface area contributed by atoms with E-state index in [4.69, 9.17) is 16.7 Å². The van der Waals surface area contributed by atoms with E-state index in [1.807, 2.05) is 11.9 Å². The third-order valence-electron chi connectivity index (χ3n) is 2.48. The molecule has 0 amide bonds. The van der Waals surface area contributed by atoms with Crippen molar-refractivity contribution in [2.75, 3.05) is 11.9 Å². The van der Waals surface area contributed by atoms with Crippen LogP contribution >= 0.6 is 11.6 Å². The zero-order valence-corrected chi connectivity index (χ0v) is 9.03. The fourth-order valence-electron chi connectivity index (χ4n) is 1.43. The zero-order chi connectivity index (χ0) is 11.0. The van der Waals surface area contributed by atoms with Crippen LogP contribution < -0.4 is 4.90 Å². The summed E-state index contributed by atoms with van der Waals surface area (Å²) >= 11 is 5.97. The predicted octanol–water partition coefficient (Wildman–Crippen LogP) is 2.03. The molecule has 2 rings (SSSR count). The van der Waals surface area contributed by atoms with Gasteiger partial charge in [-0.25, -0.2) is 9.78 Å². The summed E-state index contributed by atoms with van der Waals surface area (Å²) in [6.45, 7) is 0. The maximum absolute atomic E-state index is 10.7. The first-order valence-electron chi connectivity index (χ1n) is 4.72. The molecule has 0 unspecified atom stereocenters. The van der Waals surface area contributed by atoms with E-state index in [9.17, 15) is 4.79 Å². The third-order valence-corrected chi connectivity index (χ3v) is 2.77. The second kappa shape index (κ2) is 3.70. The molecule has 0 saturated heterocycles. The molecule has 0 spiro atoms. The fourth-order valence-corrected chi connectivity index (χ4v) is 1.67. The Bertz CT molecular complexity index is 404. The molecule has 1 aliphatic carbocycles. The van der Waals surface area contributed by atoms with Gasteiger partial charge in [0.25, 0.3) is 0 Å². The zero-order valence-electron chi connectivity index (χ0n) is 8.27. The molecule has 1 aromatic rings. The second-order valence-corrected chi connectivity index (χ2v) is 4.06. The lowest BCUT2D eigenvalue weighted by Crippen LogP contribution is -2.21. The first-order valence-corrected chi connectivity index (χ1v) is 5.10. The molecule has 0 atom stereocenters. The Morgan fingerprint density at radius 1 is 1.60 bits per heavy atom. The van der Waals surface area contributed by atoms with Gasteiger partial charge in [-0.2, -0.15) is 0 Å². The van der Waals surface area contributed by atoms with Crippen LogP contribution in [0, 0.1) is 0 Å². The number of hydrogen-bond donors (Lipinski definition) is 1. The first kappa shape index (κ1) is 10.2. The molecule has 1 aliphatic rings. The molecule has 1 N–H and O–H groups in total. The Morgan fingerprint density at radius 2 is 2.27 bits per heavy atom. The number of aromatic nitrogens is 1. The van der Waals surface area contributed by atoms with Crippen molar-refractivity contribution in [2.45, 2.75) is 18.9 Å². The summed E-state index contributed by atoms with van der Waals surface area (Å²) in [6.07, 6.45) is 2.23. The molecule has 1 fully saturated rings. The van der Waals surface area contributed by atoms with Crippen molar-refractivity contribution < 1.29 is 9.90 Å². The van der Waals surface area contributed by atoms with Crippen LogP contribution in [0.1, 0.15) is 23.3 Å². The Kier molecular flexibility index (Phi) is 2.52. The molecule has 0 aliphatic heterocycles. The second-order valence-electron chi connectivity index (χ2n) is 3.65. The standard InChI is InChI=1S/C10H11ClN2O2/c1-13(6-2-3-6)9-7(11)4-5-8(12-9)10(14)15/h4-6H,2-3H2,1H3,(H,14,15). The van der Waals surface area contributed by atoms with Gasteiger partial charge in [0.05, 0.1) is 5.02 Å². The molecule has 1 aromatic heterocycles. The van der Waals surface area contributed by atoms with Crippen LogP contribution in [-0.2, 0) is 0 Å². The Labute approximate surface area is 92.5 Å². The van der Waals surface area contributed by atoms with Gasteiger partial charge >= 0.3 is 5.97 Å². The molecule has 0 aromatic carbocycles. The van der Waals surface area contributed by atoms with Gasteiger partial charge in [0.2, 0.25) is 0 Å². The molecular formula is C10H11ClN2O2. The number of pyridine rings is 1. The van der Waals surface area contributed by atoms with Crippen LogP contribution in [0.15, 0.2) is 12.1 Å². The summed E-state index contributed by atoms with van der Waals surface area (Å²) < 4.78 is 0. The van der Waals surface area contributed by atoms with E-state index in [1.54, 1.807) is 6.07 Å². The van der Waals surface area contributed by atoms with Gasteiger partial charge in [0.15, 0.2) is 5.69 Å². The molecule has 1 saturated carbocycles. The lowest BCUT2D eigenvalue weighted by atomic mass is 10.3. The van der Waals surface area contributed by atoms with E-state index in [1.165, 1.54) is 6.07 Å².